The van der Waals surface area contributed by atoms with Crippen LogP contribution in [0, 0.1) is 6.92 Å². The lowest BCUT2D eigenvalue weighted by molar-refractivity contribution is 0.0602. The van der Waals surface area contributed by atoms with E-state index in [1.807, 2.05) is 7.05 Å². The van der Waals surface area contributed by atoms with Gasteiger partial charge in [0.2, 0.25) is 10.0 Å². The second kappa shape index (κ2) is 8.95. The fourth-order valence-electron chi connectivity index (χ4n) is 3.25. The van der Waals surface area contributed by atoms with Crippen LogP contribution in [0.3, 0.4) is 0 Å². The quantitative estimate of drug-likeness (QED) is 0.728. The molecule has 30 heavy (non-hydrogen) atoms. The van der Waals surface area contributed by atoms with E-state index in [4.69, 9.17) is 4.74 Å². The molecule has 1 N–H and O–H groups in total. The second-order valence-corrected chi connectivity index (χ2v) is 9.11. The third kappa shape index (κ3) is 4.53. The molecule has 1 aliphatic rings. The Morgan fingerprint density at radius 2 is 1.67 bits per heavy atom. The van der Waals surface area contributed by atoms with E-state index in [-0.39, 0.29) is 16.0 Å². The number of methoxy groups -OCH3 is 1. The molecule has 0 aromatic heterocycles. The fraction of sp³-hybridized carbons (Fsp3) is 0.333. The number of para-hydroxylation sites is 1. The molecule has 0 atom stereocenters. The molecule has 1 saturated heterocycles. The zero-order chi connectivity index (χ0) is 21.9. The van der Waals surface area contributed by atoms with Crippen LogP contribution in [0.5, 0.6) is 0 Å². The number of carbonyl (C=O) groups is 2. The number of anilines is 1. The van der Waals surface area contributed by atoms with Gasteiger partial charge in [0.1, 0.15) is 0 Å². The number of hydrogen-bond acceptors (Lipinski definition) is 6. The van der Waals surface area contributed by atoms with Gasteiger partial charge in [0.05, 0.1) is 23.3 Å². The van der Waals surface area contributed by atoms with E-state index >= 15 is 0 Å². The number of aryl methyl sites for hydroxylation is 1. The third-order valence-corrected chi connectivity index (χ3v) is 7.03. The highest BCUT2D eigenvalue weighted by Gasteiger charge is 2.28. The van der Waals surface area contributed by atoms with Crippen molar-refractivity contribution in [1.82, 2.24) is 9.21 Å². The van der Waals surface area contributed by atoms with Crippen LogP contribution in [0.4, 0.5) is 5.69 Å². The summed E-state index contributed by atoms with van der Waals surface area (Å²) in [6.07, 6.45) is 0. The zero-order valence-corrected chi connectivity index (χ0v) is 18.0. The monoisotopic (exact) mass is 431 g/mol. The van der Waals surface area contributed by atoms with Crippen molar-refractivity contribution in [1.29, 1.82) is 0 Å². The average Bonchev–Trinajstić information content (AvgIpc) is 2.74. The number of likely N-dealkylation sites (N-methyl/N-ethyl adjacent to an activating group) is 1. The van der Waals surface area contributed by atoms with E-state index in [1.54, 1.807) is 37.3 Å². The van der Waals surface area contributed by atoms with E-state index in [0.717, 1.165) is 0 Å². The van der Waals surface area contributed by atoms with Crippen molar-refractivity contribution in [3.05, 3.63) is 59.2 Å². The summed E-state index contributed by atoms with van der Waals surface area (Å²) < 4.78 is 32.3. The molecule has 0 aliphatic carbocycles. The van der Waals surface area contributed by atoms with Gasteiger partial charge in [-0.1, -0.05) is 18.2 Å². The Labute approximate surface area is 176 Å². The molecule has 0 unspecified atom stereocenters. The fourth-order valence-corrected chi connectivity index (χ4v) is 4.70. The highest BCUT2D eigenvalue weighted by Crippen LogP contribution is 2.23. The van der Waals surface area contributed by atoms with Crippen molar-refractivity contribution in [3.63, 3.8) is 0 Å². The maximum absolute atomic E-state index is 13.0. The van der Waals surface area contributed by atoms with Crippen LogP contribution >= 0.6 is 0 Å². The van der Waals surface area contributed by atoms with E-state index in [9.17, 15) is 18.0 Å². The normalized spacial score (nSPS) is 15.6. The molecule has 2 aromatic carbocycles. The van der Waals surface area contributed by atoms with Crippen molar-refractivity contribution >= 4 is 27.6 Å². The van der Waals surface area contributed by atoms with Gasteiger partial charge >= 0.3 is 5.97 Å². The highest BCUT2D eigenvalue weighted by molar-refractivity contribution is 7.89. The minimum absolute atomic E-state index is 0.0732. The van der Waals surface area contributed by atoms with Crippen LogP contribution in [-0.2, 0) is 14.8 Å². The standard InChI is InChI=1S/C21H25N3O5S/c1-15-8-9-16(30(27,28)24-12-10-23(2)11-13-24)14-18(15)20(25)22-19-7-5-4-6-17(19)21(26)29-3/h4-9,14H,10-13H2,1-3H3,(H,22,25). The number of benzene rings is 2. The maximum atomic E-state index is 13.0. The van der Waals surface area contributed by atoms with Crippen molar-refractivity contribution < 1.29 is 22.7 Å². The van der Waals surface area contributed by atoms with Gasteiger partial charge in [0, 0.05) is 31.7 Å². The molecule has 8 nitrogen and oxygen atoms in total. The predicted octanol–water partition coefficient (Wildman–Crippen LogP) is 1.97. The summed E-state index contributed by atoms with van der Waals surface area (Å²) in [5, 5.41) is 2.69. The first kappa shape index (κ1) is 21.9. The van der Waals surface area contributed by atoms with Gasteiger partial charge in [-0.2, -0.15) is 4.31 Å². The van der Waals surface area contributed by atoms with Crippen molar-refractivity contribution in [3.8, 4) is 0 Å². The number of nitrogens with zero attached hydrogens (tertiary/aromatic N) is 2. The molecule has 1 fully saturated rings. The number of sulfonamides is 1. The summed E-state index contributed by atoms with van der Waals surface area (Å²) in [6, 6.07) is 11.0. The van der Waals surface area contributed by atoms with Crippen molar-refractivity contribution in [2.75, 3.05) is 45.7 Å². The minimum atomic E-state index is -3.70. The highest BCUT2D eigenvalue weighted by atomic mass is 32.2. The summed E-state index contributed by atoms with van der Waals surface area (Å²) in [5.41, 5.74) is 1.36. The lowest BCUT2D eigenvalue weighted by Gasteiger charge is -2.31. The summed E-state index contributed by atoms with van der Waals surface area (Å²) in [7, 11) is -0.494. The number of ether oxygens (including phenoxy) is 1. The predicted molar refractivity (Wildman–Crippen MR) is 113 cm³/mol. The topological polar surface area (TPSA) is 96.0 Å². The lowest BCUT2D eigenvalue weighted by atomic mass is 10.1. The van der Waals surface area contributed by atoms with Gasteiger partial charge in [-0.25, -0.2) is 13.2 Å². The Balaban J connectivity index is 1.89. The Hall–Kier alpha value is -2.75. The van der Waals surface area contributed by atoms with E-state index in [1.165, 1.54) is 23.5 Å². The first-order valence-corrected chi connectivity index (χ1v) is 11.0. The Kier molecular flexibility index (Phi) is 6.55. The minimum Gasteiger partial charge on any atom is -0.465 e. The smallest absolute Gasteiger partial charge is 0.339 e. The van der Waals surface area contributed by atoms with Crippen molar-refractivity contribution in [2.45, 2.75) is 11.8 Å². The summed E-state index contributed by atoms with van der Waals surface area (Å²) in [4.78, 5) is 27.0. The van der Waals surface area contributed by atoms with Gasteiger partial charge in [0.25, 0.3) is 5.91 Å². The maximum Gasteiger partial charge on any atom is 0.339 e. The number of piperazine rings is 1. The average molecular weight is 432 g/mol. The van der Waals surface area contributed by atoms with Gasteiger partial charge in [-0.3, -0.25) is 4.79 Å². The molecule has 0 radical (unpaired) electrons. The lowest BCUT2D eigenvalue weighted by Crippen LogP contribution is -2.47. The summed E-state index contributed by atoms with van der Waals surface area (Å²) >= 11 is 0. The summed E-state index contributed by atoms with van der Waals surface area (Å²) in [6.45, 7) is 3.85. The molecular weight excluding hydrogens is 406 g/mol. The first-order chi connectivity index (χ1) is 14.2. The molecule has 1 aliphatic heterocycles. The number of nitrogens with one attached hydrogen (secondary N) is 1. The van der Waals surface area contributed by atoms with Crippen LogP contribution in [0.15, 0.2) is 47.4 Å². The molecule has 0 bridgehead atoms. The van der Waals surface area contributed by atoms with Gasteiger partial charge in [-0.15, -0.1) is 0 Å². The molecule has 0 saturated carbocycles. The zero-order valence-electron chi connectivity index (χ0n) is 17.2. The number of carbonyl (C=O) groups excluding carboxylic acids is 2. The number of hydrogen-bond donors (Lipinski definition) is 1. The van der Waals surface area contributed by atoms with Crippen LogP contribution in [-0.4, -0.2) is 69.8 Å². The molecule has 2 aromatic rings. The van der Waals surface area contributed by atoms with Crippen LogP contribution in [0.1, 0.15) is 26.3 Å². The van der Waals surface area contributed by atoms with Gasteiger partial charge < -0.3 is 15.0 Å². The van der Waals surface area contributed by atoms with Crippen LogP contribution < -0.4 is 5.32 Å². The third-order valence-electron chi connectivity index (χ3n) is 5.13. The van der Waals surface area contributed by atoms with Crippen LogP contribution in [0.2, 0.25) is 0 Å². The molecule has 9 heteroatoms. The molecule has 1 amide bonds. The van der Waals surface area contributed by atoms with Crippen molar-refractivity contribution in [2.24, 2.45) is 0 Å². The molecular formula is C21H25N3O5S. The Bertz CT molecular complexity index is 1060. The first-order valence-electron chi connectivity index (χ1n) is 9.52. The van der Waals surface area contributed by atoms with E-state index < -0.39 is 21.9 Å². The molecule has 1 heterocycles. The van der Waals surface area contributed by atoms with E-state index in [2.05, 4.69) is 10.2 Å². The Morgan fingerprint density at radius 3 is 2.33 bits per heavy atom. The largest absolute Gasteiger partial charge is 0.465 e. The number of amides is 1. The van der Waals surface area contributed by atoms with E-state index in [0.29, 0.717) is 37.4 Å². The van der Waals surface area contributed by atoms with Gasteiger partial charge in [-0.05, 0) is 43.8 Å². The Morgan fingerprint density at radius 1 is 1.00 bits per heavy atom. The molecule has 160 valence electrons. The van der Waals surface area contributed by atoms with Gasteiger partial charge in [0.15, 0.2) is 0 Å². The SMILES string of the molecule is COC(=O)c1ccccc1NC(=O)c1cc(S(=O)(=O)N2CCN(C)CC2)ccc1C. The summed E-state index contributed by atoms with van der Waals surface area (Å²) in [5.74, 6) is -1.08. The second-order valence-electron chi connectivity index (χ2n) is 7.18. The van der Waals surface area contributed by atoms with Crippen LogP contribution in [0.25, 0.3) is 0 Å². The number of esters is 1. The molecule has 3 rings (SSSR count). The molecule has 0 spiro atoms. The number of rotatable bonds is 5.